The van der Waals surface area contributed by atoms with Gasteiger partial charge in [-0.2, -0.15) is 0 Å². The molecule has 0 unspecified atom stereocenters. The van der Waals surface area contributed by atoms with E-state index in [0.717, 1.165) is 23.3 Å². The van der Waals surface area contributed by atoms with Crippen molar-refractivity contribution in [2.24, 2.45) is 0 Å². The number of rotatable bonds is 7. The van der Waals surface area contributed by atoms with Crippen molar-refractivity contribution < 1.29 is 31.1 Å². The van der Waals surface area contributed by atoms with E-state index >= 15 is 0 Å². The number of carbonyl (C=O) groups excluding carboxylic acids is 1. The van der Waals surface area contributed by atoms with Crippen LogP contribution in [0, 0.1) is 0 Å². The van der Waals surface area contributed by atoms with E-state index < -0.39 is 21.9 Å². The fourth-order valence-corrected chi connectivity index (χ4v) is 4.59. The number of carbonyl (C=O) groups is 1. The van der Waals surface area contributed by atoms with Crippen LogP contribution in [0.1, 0.15) is 22.3 Å². The first-order valence-electron chi connectivity index (χ1n) is 9.78. The molecule has 4 aromatic rings. The maximum absolute atomic E-state index is 12.8. The molecule has 0 atom stereocenters. The minimum atomic E-state index is -4.92. The fourth-order valence-electron chi connectivity index (χ4n) is 3.30. The van der Waals surface area contributed by atoms with Crippen molar-refractivity contribution in [2.75, 3.05) is 0 Å². The lowest BCUT2D eigenvalue weighted by molar-refractivity contribution is -0.274. The van der Waals surface area contributed by atoms with Crippen molar-refractivity contribution >= 4 is 21.3 Å². The first-order chi connectivity index (χ1) is 15.6. The number of hydrogen-bond donors (Lipinski definition) is 0. The topological polar surface area (TPSA) is 77.7 Å². The number of hydrogen-bond acceptors (Lipinski definition) is 5. The van der Waals surface area contributed by atoms with Gasteiger partial charge in [0.05, 0.1) is 9.79 Å². The highest BCUT2D eigenvalue weighted by Gasteiger charge is 2.31. The number of Topliss-reactive ketones (excluding diaryl/α,β-unsaturated/α-hetero) is 1. The highest BCUT2D eigenvalue weighted by molar-refractivity contribution is 7.91. The number of imidazole rings is 1. The predicted molar refractivity (Wildman–Crippen MR) is 113 cm³/mol. The molecule has 0 aliphatic carbocycles. The van der Waals surface area contributed by atoms with Crippen molar-refractivity contribution in [3.63, 3.8) is 0 Å². The summed E-state index contributed by atoms with van der Waals surface area (Å²) in [6.07, 6.45) is 0.789. The minimum Gasteiger partial charge on any atom is -0.406 e. The Labute approximate surface area is 187 Å². The Morgan fingerprint density at radius 2 is 1.76 bits per heavy atom. The minimum absolute atomic E-state index is 0.0659. The van der Waals surface area contributed by atoms with Gasteiger partial charge in [0.1, 0.15) is 11.4 Å². The summed E-state index contributed by atoms with van der Waals surface area (Å²) in [7, 11) is -4.05. The van der Waals surface area contributed by atoms with Crippen LogP contribution in [0.5, 0.6) is 5.75 Å². The van der Waals surface area contributed by atoms with Gasteiger partial charge in [-0.25, -0.2) is 13.4 Å². The molecule has 0 saturated heterocycles. The van der Waals surface area contributed by atoms with E-state index in [1.54, 1.807) is 47.3 Å². The van der Waals surface area contributed by atoms with E-state index in [1.165, 1.54) is 24.3 Å². The summed E-state index contributed by atoms with van der Waals surface area (Å²) < 4.78 is 68.4. The molecule has 2 heterocycles. The quantitative estimate of drug-likeness (QED) is 0.357. The number of alkyl halides is 3. The molecule has 0 radical (unpaired) electrons. The number of halogens is 3. The number of ketones is 1. The van der Waals surface area contributed by atoms with Crippen molar-refractivity contribution in [3.05, 3.63) is 90.4 Å². The Balaban J connectivity index is 1.45. The van der Waals surface area contributed by atoms with E-state index in [1.807, 2.05) is 0 Å². The standard InChI is InChI=1S/C23H17F3N2O4S/c24-23(25,26)32-18-2-1-3-20(14-18)33(30,31)19-8-4-16(5-9-19)6-10-21(29)17-7-11-22-27-12-13-28(22)15-17/h1-5,7-9,11-15H,6,10H2. The lowest BCUT2D eigenvalue weighted by atomic mass is 10.0. The zero-order chi connectivity index (χ0) is 23.6. The smallest absolute Gasteiger partial charge is 0.406 e. The van der Waals surface area contributed by atoms with Gasteiger partial charge in [0, 0.05) is 30.6 Å². The van der Waals surface area contributed by atoms with Gasteiger partial charge in [-0.1, -0.05) is 18.2 Å². The lowest BCUT2D eigenvalue weighted by Gasteiger charge is -2.11. The molecule has 170 valence electrons. The molecule has 0 spiro atoms. The summed E-state index contributed by atoms with van der Waals surface area (Å²) >= 11 is 0. The first-order valence-corrected chi connectivity index (χ1v) is 11.3. The highest BCUT2D eigenvalue weighted by atomic mass is 32.2. The molecule has 6 nitrogen and oxygen atoms in total. The lowest BCUT2D eigenvalue weighted by Crippen LogP contribution is -2.17. The Morgan fingerprint density at radius 3 is 2.48 bits per heavy atom. The van der Waals surface area contributed by atoms with Crippen molar-refractivity contribution in [3.8, 4) is 5.75 Å². The summed E-state index contributed by atoms with van der Waals surface area (Å²) in [5, 5.41) is 0. The summed E-state index contributed by atoms with van der Waals surface area (Å²) in [5.74, 6) is -0.684. The van der Waals surface area contributed by atoms with Crippen LogP contribution in [-0.4, -0.2) is 29.9 Å². The fraction of sp³-hybridized carbons (Fsp3) is 0.130. The molecule has 2 aromatic carbocycles. The zero-order valence-corrected chi connectivity index (χ0v) is 17.8. The monoisotopic (exact) mass is 474 g/mol. The van der Waals surface area contributed by atoms with Crippen LogP contribution in [0.25, 0.3) is 5.65 Å². The third-order valence-electron chi connectivity index (χ3n) is 4.93. The summed E-state index contributed by atoms with van der Waals surface area (Å²) in [6.45, 7) is 0. The number of pyridine rings is 1. The molecule has 0 saturated carbocycles. The second kappa shape index (κ2) is 8.70. The Bertz CT molecular complexity index is 1410. The Kier molecular flexibility index (Phi) is 5.94. The van der Waals surface area contributed by atoms with Gasteiger partial charge >= 0.3 is 6.36 Å². The first kappa shape index (κ1) is 22.5. The number of sulfone groups is 1. The summed E-state index contributed by atoms with van der Waals surface area (Å²) in [6, 6.07) is 13.6. The molecule has 10 heteroatoms. The third-order valence-corrected chi connectivity index (χ3v) is 6.70. The van der Waals surface area contributed by atoms with Crippen LogP contribution in [0.3, 0.4) is 0 Å². The van der Waals surface area contributed by atoms with E-state index in [9.17, 15) is 26.4 Å². The second-order valence-corrected chi connectivity index (χ2v) is 9.15. The van der Waals surface area contributed by atoms with Gasteiger partial charge in [0.25, 0.3) is 0 Å². The highest BCUT2D eigenvalue weighted by Crippen LogP contribution is 2.28. The third kappa shape index (κ3) is 5.23. The average molecular weight is 474 g/mol. The summed E-state index contributed by atoms with van der Waals surface area (Å²) in [4.78, 5) is 16.2. The normalized spacial score (nSPS) is 12.1. The van der Waals surface area contributed by atoms with Gasteiger partial charge in [0.15, 0.2) is 5.78 Å². The molecular formula is C23H17F3N2O4S. The second-order valence-electron chi connectivity index (χ2n) is 7.20. The van der Waals surface area contributed by atoms with E-state index in [4.69, 9.17) is 0 Å². The van der Waals surface area contributed by atoms with Crippen LogP contribution < -0.4 is 4.74 Å². The molecule has 4 rings (SSSR count). The van der Waals surface area contributed by atoms with Crippen LogP contribution in [0.2, 0.25) is 0 Å². The van der Waals surface area contributed by atoms with Gasteiger partial charge < -0.3 is 9.14 Å². The van der Waals surface area contributed by atoms with Crippen LogP contribution in [-0.2, 0) is 16.3 Å². The SMILES string of the molecule is O=C(CCc1ccc(S(=O)(=O)c2cccc(OC(F)(F)F)c2)cc1)c1ccc2nccn2c1. The number of benzene rings is 2. The van der Waals surface area contributed by atoms with E-state index in [0.29, 0.717) is 12.0 Å². The van der Waals surface area contributed by atoms with Crippen molar-refractivity contribution in [1.29, 1.82) is 0 Å². The average Bonchev–Trinajstić information content (AvgIpc) is 3.25. The largest absolute Gasteiger partial charge is 0.573 e. The van der Waals surface area contributed by atoms with Gasteiger partial charge in [-0.3, -0.25) is 4.79 Å². The Hall–Kier alpha value is -3.66. The molecule has 0 fully saturated rings. The van der Waals surface area contributed by atoms with Crippen molar-refractivity contribution in [2.45, 2.75) is 29.0 Å². The maximum atomic E-state index is 12.8. The molecule has 0 N–H and O–H groups in total. The number of aryl methyl sites for hydroxylation is 1. The molecule has 0 aliphatic rings. The van der Waals surface area contributed by atoms with Crippen LogP contribution in [0.4, 0.5) is 13.2 Å². The predicted octanol–water partition coefficient (Wildman–Crippen LogP) is 4.88. The molecular weight excluding hydrogens is 457 g/mol. The molecule has 33 heavy (non-hydrogen) atoms. The van der Waals surface area contributed by atoms with E-state index in [-0.39, 0.29) is 22.0 Å². The van der Waals surface area contributed by atoms with Gasteiger partial charge in [0.2, 0.25) is 9.84 Å². The number of ether oxygens (including phenoxy) is 1. The number of aromatic nitrogens is 2. The van der Waals surface area contributed by atoms with Crippen LogP contribution in [0.15, 0.2) is 89.0 Å². The van der Waals surface area contributed by atoms with Gasteiger partial charge in [-0.05, 0) is 54.4 Å². The van der Waals surface area contributed by atoms with E-state index in [2.05, 4.69) is 9.72 Å². The molecule has 0 bridgehead atoms. The number of fused-ring (bicyclic) bond motifs is 1. The van der Waals surface area contributed by atoms with Gasteiger partial charge in [-0.15, -0.1) is 13.2 Å². The maximum Gasteiger partial charge on any atom is 0.573 e. The number of nitrogens with zero attached hydrogens (tertiary/aromatic N) is 2. The summed E-state index contributed by atoms with van der Waals surface area (Å²) in [5.41, 5.74) is 2.03. The van der Waals surface area contributed by atoms with Crippen LogP contribution >= 0.6 is 0 Å². The van der Waals surface area contributed by atoms with Crippen molar-refractivity contribution in [1.82, 2.24) is 9.38 Å². The Morgan fingerprint density at radius 1 is 1.00 bits per heavy atom. The molecule has 2 aromatic heterocycles. The molecule has 0 aliphatic heterocycles. The zero-order valence-electron chi connectivity index (χ0n) is 17.0. The molecule has 0 amide bonds.